The van der Waals surface area contributed by atoms with Gasteiger partial charge in [0, 0.05) is 12.8 Å². The van der Waals surface area contributed by atoms with Crippen molar-refractivity contribution in [2.45, 2.75) is 104 Å². The highest BCUT2D eigenvalue weighted by Gasteiger charge is 2.52. The number of aldehydes is 1. The lowest BCUT2D eigenvalue weighted by molar-refractivity contribution is -0.160. The molecule has 0 aliphatic carbocycles. The molecule has 0 radical (unpaired) electrons. The number of hydrogen-bond acceptors (Lipinski definition) is 6. The zero-order valence-electron chi connectivity index (χ0n) is 19.8. The first kappa shape index (κ1) is 25.9. The first-order valence-electron chi connectivity index (χ1n) is 10.5. The number of amides is 2. The summed E-state index contributed by atoms with van der Waals surface area (Å²) >= 11 is 0. The van der Waals surface area contributed by atoms with Crippen LogP contribution in [0.15, 0.2) is 0 Å². The van der Waals surface area contributed by atoms with Gasteiger partial charge in [-0.3, -0.25) is 9.69 Å². The third-order valence-corrected chi connectivity index (χ3v) is 4.58. The minimum atomic E-state index is -0.970. The molecule has 0 bridgehead atoms. The van der Waals surface area contributed by atoms with Gasteiger partial charge in [0.1, 0.15) is 23.5 Å². The molecule has 1 aliphatic heterocycles. The smallest absolute Gasteiger partial charge is 0.411 e. The maximum absolute atomic E-state index is 13.2. The van der Waals surface area contributed by atoms with Crippen LogP contribution in [0.4, 0.5) is 4.79 Å². The van der Waals surface area contributed by atoms with Crippen molar-refractivity contribution in [3.05, 3.63) is 0 Å². The maximum Gasteiger partial charge on any atom is 0.411 e. The van der Waals surface area contributed by atoms with Crippen LogP contribution < -0.4 is 5.32 Å². The standard InChI is InChI=1S/C22H38N2O6/c1-13(2)10-16(23-14(3)26)18-15(12-25)11-17(19(27)29-21(4,5)6)24(18)20(28)30-22(7,8)9/h12-13,15-18H,10-11H2,1-9H3,(H,23,26)/t15-,16+,17-,18-/m1/s1. The van der Waals surface area contributed by atoms with Gasteiger partial charge in [0.25, 0.3) is 0 Å². The number of nitrogens with one attached hydrogen (secondary N) is 1. The van der Waals surface area contributed by atoms with Crippen LogP contribution in [0.1, 0.15) is 75.2 Å². The molecule has 1 rings (SSSR count). The fourth-order valence-electron chi connectivity index (χ4n) is 3.75. The summed E-state index contributed by atoms with van der Waals surface area (Å²) in [5.74, 6) is -1.30. The topological polar surface area (TPSA) is 102 Å². The van der Waals surface area contributed by atoms with Gasteiger partial charge in [-0.2, -0.15) is 0 Å². The number of rotatable bonds is 6. The molecule has 0 spiro atoms. The lowest BCUT2D eigenvalue weighted by atomic mass is 9.89. The monoisotopic (exact) mass is 426 g/mol. The molecule has 2 amide bonds. The molecule has 30 heavy (non-hydrogen) atoms. The summed E-state index contributed by atoms with van der Waals surface area (Å²) in [7, 11) is 0. The van der Waals surface area contributed by atoms with Gasteiger partial charge in [-0.25, -0.2) is 9.59 Å². The highest BCUT2D eigenvalue weighted by Crippen LogP contribution is 2.35. The fraction of sp³-hybridized carbons (Fsp3) is 0.818. The second kappa shape index (κ2) is 9.79. The Morgan fingerprint density at radius 1 is 1.07 bits per heavy atom. The van der Waals surface area contributed by atoms with Crippen molar-refractivity contribution in [2.75, 3.05) is 0 Å². The van der Waals surface area contributed by atoms with Crippen molar-refractivity contribution in [2.24, 2.45) is 11.8 Å². The molecule has 1 fully saturated rings. The van der Waals surface area contributed by atoms with Crippen molar-refractivity contribution in [3.63, 3.8) is 0 Å². The highest BCUT2D eigenvalue weighted by molar-refractivity contribution is 5.84. The zero-order valence-corrected chi connectivity index (χ0v) is 19.8. The lowest BCUT2D eigenvalue weighted by Crippen LogP contribution is -2.57. The van der Waals surface area contributed by atoms with Gasteiger partial charge in [0.2, 0.25) is 5.91 Å². The molecule has 8 heteroatoms. The summed E-state index contributed by atoms with van der Waals surface area (Å²) in [6.45, 7) is 15.8. The second-order valence-electron chi connectivity index (χ2n) is 10.4. The van der Waals surface area contributed by atoms with Crippen molar-refractivity contribution in [1.29, 1.82) is 0 Å². The van der Waals surface area contributed by atoms with Crippen molar-refractivity contribution in [1.82, 2.24) is 10.2 Å². The van der Waals surface area contributed by atoms with E-state index in [1.807, 2.05) is 13.8 Å². The summed E-state index contributed by atoms with van der Waals surface area (Å²) in [6.07, 6.45) is 0.708. The van der Waals surface area contributed by atoms with E-state index in [0.717, 1.165) is 6.29 Å². The van der Waals surface area contributed by atoms with E-state index in [4.69, 9.17) is 9.47 Å². The summed E-state index contributed by atoms with van der Waals surface area (Å²) in [4.78, 5) is 51.2. The molecule has 8 nitrogen and oxygen atoms in total. The molecule has 0 saturated carbocycles. The predicted molar refractivity (Wildman–Crippen MR) is 113 cm³/mol. The minimum absolute atomic E-state index is 0.122. The number of esters is 1. The second-order valence-corrected chi connectivity index (χ2v) is 10.4. The third-order valence-electron chi connectivity index (χ3n) is 4.58. The molecule has 4 atom stereocenters. The van der Waals surface area contributed by atoms with Crippen molar-refractivity contribution in [3.8, 4) is 0 Å². The van der Waals surface area contributed by atoms with Crippen LogP contribution in [0.5, 0.6) is 0 Å². The minimum Gasteiger partial charge on any atom is -0.458 e. The third kappa shape index (κ3) is 7.61. The van der Waals surface area contributed by atoms with Crippen LogP contribution in [-0.4, -0.2) is 58.5 Å². The van der Waals surface area contributed by atoms with E-state index in [2.05, 4.69) is 5.32 Å². The summed E-state index contributed by atoms with van der Waals surface area (Å²) < 4.78 is 11.1. The molecular formula is C22H38N2O6. The number of carbonyl (C=O) groups excluding carboxylic acids is 4. The number of carbonyl (C=O) groups is 4. The van der Waals surface area contributed by atoms with Crippen LogP contribution in [0.2, 0.25) is 0 Å². The molecule has 1 heterocycles. The number of ether oxygens (including phenoxy) is 2. The van der Waals surface area contributed by atoms with E-state index in [1.165, 1.54) is 11.8 Å². The molecular weight excluding hydrogens is 388 g/mol. The highest BCUT2D eigenvalue weighted by atomic mass is 16.6. The molecule has 0 aromatic rings. The Labute approximate surface area is 180 Å². The number of likely N-dealkylation sites (tertiary alicyclic amines) is 1. The van der Waals surface area contributed by atoms with Gasteiger partial charge >= 0.3 is 12.1 Å². The van der Waals surface area contributed by atoms with E-state index in [0.29, 0.717) is 6.42 Å². The van der Waals surface area contributed by atoms with Crippen LogP contribution in [0.25, 0.3) is 0 Å². The molecule has 1 N–H and O–H groups in total. The Balaban J connectivity index is 3.43. The van der Waals surface area contributed by atoms with Gasteiger partial charge in [0.15, 0.2) is 0 Å². The van der Waals surface area contributed by atoms with Crippen molar-refractivity contribution >= 4 is 24.3 Å². The summed E-state index contributed by atoms with van der Waals surface area (Å²) in [5.41, 5.74) is -1.54. The van der Waals surface area contributed by atoms with Crippen LogP contribution in [-0.2, 0) is 23.9 Å². The van der Waals surface area contributed by atoms with Crippen LogP contribution in [0, 0.1) is 11.8 Å². The Bertz CT molecular complexity index is 647. The molecule has 0 unspecified atom stereocenters. The van der Waals surface area contributed by atoms with Crippen LogP contribution >= 0.6 is 0 Å². The van der Waals surface area contributed by atoms with Gasteiger partial charge in [-0.05, 0) is 60.3 Å². The molecule has 0 aromatic heterocycles. The van der Waals surface area contributed by atoms with E-state index < -0.39 is 47.3 Å². The van der Waals surface area contributed by atoms with Gasteiger partial charge in [-0.1, -0.05) is 13.8 Å². The summed E-state index contributed by atoms with van der Waals surface area (Å²) in [5, 5.41) is 2.87. The van der Waals surface area contributed by atoms with Crippen LogP contribution in [0.3, 0.4) is 0 Å². The average Bonchev–Trinajstić information content (AvgIpc) is 2.89. The molecule has 0 aromatic carbocycles. The Morgan fingerprint density at radius 3 is 2.00 bits per heavy atom. The Kier molecular flexibility index (Phi) is 8.46. The fourth-order valence-corrected chi connectivity index (χ4v) is 3.75. The Morgan fingerprint density at radius 2 is 1.60 bits per heavy atom. The largest absolute Gasteiger partial charge is 0.458 e. The maximum atomic E-state index is 13.2. The van der Waals surface area contributed by atoms with Crippen molar-refractivity contribution < 1.29 is 28.7 Å². The molecule has 1 aliphatic rings. The van der Waals surface area contributed by atoms with Gasteiger partial charge < -0.3 is 19.6 Å². The lowest BCUT2D eigenvalue weighted by Gasteiger charge is -2.37. The van der Waals surface area contributed by atoms with Gasteiger partial charge in [-0.15, -0.1) is 0 Å². The van der Waals surface area contributed by atoms with E-state index in [-0.39, 0.29) is 18.2 Å². The first-order valence-corrected chi connectivity index (χ1v) is 10.5. The molecule has 172 valence electrons. The summed E-state index contributed by atoms with van der Waals surface area (Å²) in [6, 6.07) is -2.18. The number of hydrogen-bond donors (Lipinski definition) is 1. The number of nitrogens with zero attached hydrogens (tertiary/aromatic N) is 1. The predicted octanol–water partition coefficient (Wildman–Crippen LogP) is 3.07. The van der Waals surface area contributed by atoms with E-state index in [1.54, 1.807) is 41.5 Å². The van der Waals surface area contributed by atoms with E-state index in [9.17, 15) is 19.2 Å². The SMILES string of the molecule is CC(=O)N[C@@H](CC(C)C)[C@H]1[C@@H](C=O)C[C@H](C(=O)OC(C)(C)C)N1C(=O)OC(C)(C)C. The van der Waals surface area contributed by atoms with E-state index >= 15 is 0 Å². The quantitative estimate of drug-likeness (QED) is 0.517. The normalized spacial score (nSPS) is 23.1. The Hall–Kier alpha value is -2.12. The molecule has 1 saturated heterocycles. The zero-order chi connectivity index (χ0) is 23.4. The first-order chi connectivity index (χ1) is 13.6. The van der Waals surface area contributed by atoms with Gasteiger partial charge in [0.05, 0.1) is 12.1 Å². The average molecular weight is 427 g/mol.